The Morgan fingerprint density at radius 3 is 2.61 bits per heavy atom. The molecular formula is C25H18ClF3N4O3. The van der Waals surface area contributed by atoms with Crippen LogP contribution >= 0.6 is 11.6 Å². The molecular weight excluding hydrogens is 497 g/mol. The SMILES string of the molecule is Cn1c(=O)[nH]c2cc(C3=NC(Cc4ccccc4C(F)(F)F)C(=O)Nc4c(O)cc(Cl)cc43)ccc21. The zero-order valence-electron chi connectivity index (χ0n) is 18.7. The molecule has 36 heavy (non-hydrogen) atoms. The number of amides is 1. The molecule has 0 aliphatic carbocycles. The molecule has 184 valence electrons. The molecule has 1 aliphatic rings. The summed E-state index contributed by atoms with van der Waals surface area (Å²) >= 11 is 6.18. The molecule has 0 saturated heterocycles. The van der Waals surface area contributed by atoms with Crippen LogP contribution in [-0.4, -0.2) is 32.3 Å². The normalized spacial score (nSPS) is 15.9. The predicted octanol–water partition coefficient (Wildman–Crippen LogP) is 4.65. The number of phenolic OH excluding ortho intramolecular Hbond substituents is 1. The van der Waals surface area contributed by atoms with Crippen molar-refractivity contribution in [2.24, 2.45) is 12.0 Å². The zero-order chi connectivity index (χ0) is 25.8. The van der Waals surface area contributed by atoms with Gasteiger partial charge in [0.15, 0.2) is 0 Å². The van der Waals surface area contributed by atoms with Crippen molar-refractivity contribution in [1.82, 2.24) is 9.55 Å². The number of rotatable bonds is 3. The smallest absolute Gasteiger partial charge is 0.416 e. The van der Waals surface area contributed by atoms with Gasteiger partial charge in [-0.15, -0.1) is 0 Å². The third-order valence-electron chi connectivity index (χ3n) is 6.09. The van der Waals surface area contributed by atoms with Crippen molar-refractivity contribution < 1.29 is 23.1 Å². The first-order valence-corrected chi connectivity index (χ1v) is 11.2. The Kier molecular flexibility index (Phi) is 5.63. The van der Waals surface area contributed by atoms with E-state index >= 15 is 0 Å². The number of hydrogen-bond donors (Lipinski definition) is 3. The lowest BCUT2D eigenvalue weighted by atomic mass is 9.98. The molecule has 7 nitrogen and oxygen atoms in total. The van der Waals surface area contributed by atoms with Gasteiger partial charge in [-0.2, -0.15) is 13.2 Å². The van der Waals surface area contributed by atoms with Gasteiger partial charge in [-0.1, -0.05) is 35.9 Å². The van der Waals surface area contributed by atoms with Crippen LogP contribution in [0.4, 0.5) is 18.9 Å². The third-order valence-corrected chi connectivity index (χ3v) is 6.31. The van der Waals surface area contributed by atoms with E-state index in [1.807, 2.05) is 0 Å². The Morgan fingerprint density at radius 1 is 1.11 bits per heavy atom. The zero-order valence-corrected chi connectivity index (χ0v) is 19.4. The number of phenols is 1. The number of carbonyl (C=O) groups excluding carboxylic acids is 1. The summed E-state index contributed by atoms with van der Waals surface area (Å²) in [4.78, 5) is 32.5. The molecule has 1 aromatic heterocycles. The summed E-state index contributed by atoms with van der Waals surface area (Å²) in [5.74, 6) is -1.00. The number of H-pyrrole nitrogens is 1. The number of aromatic nitrogens is 2. The Labute approximate surface area is 206 Å². The van der Waals surface area contributed by atoms with Crippen LogP contribution in [0.25, 0.3) is 11.0 Å². The topological polar surface area (TPSA) is 99.5 Å². The summed E-state index contributed by atoms with van der Waals surface area (Å²) < 4.78 is 42.2. The van der Waals surface area contributed by atoms with E-state index in [4.69, 9.17) is 11.6 Å². The molecule has 11 heteroatoms. The number of aryl methyl sites for hydroxylation is 1. The first kappa shape index (κ1) is 23.7. The molecule has 2 heterocycles. The molecule has 1 amide bonds. The van der Waals surface area contributed by atoms with Gasteiger partial charge in [0, 0.05) is 35.7 Å². The maximum atomic E-state index is 13.6. The third kappa shape index (κ3) is 4.13. The van der Waals surface area contributed by atoms with Crippen molar-refractivity contribution in [3.8, 4) is 5.75 Å². The molecule has 1 aliphatic heterocycles. The van der Waals surface area contributed by atoms with E-state index in [1.54, 1.807) is 25.2 Å². The second-order valence-electron chi connectivity index (χ2n) is 8.41. The highest BCUT2D eigenvalue weighted by molar-refractivity contribution is 6.32. The maximum Gasteiger partial charge on any atom is 0.416 e. The monoisotopic (exact) mass is 514 g/mol. The molecule has 0 radical (unpaired) electrons. The van der Waals surface area contributed by atoms with Crippen molar-refractivity contribution in [3.63, 3.8) is 0 Å². The van der Waals surface area contributed by atoms with Gasteiger partial charge in [0.1, 0.15) is 11.8 Å². The molecule has 1 unspecified atom stereocenters. The number of aromatic amines is 1. The van der Waals surface area contributed by atoms with E-state index in [9.17, 15) is 27.9 Å². The van der Waals surface area contributed by atoms with Gasteiger partial charge < -0.3 is 15.4 Å². The number of aromatic hydroxyl groups is 1. The second-order valence-corrected chi connectivity index (χ2v) is 8.85. The van der Waals surface area contributed by atoms with Crippen LogP contribution in [0.15, 0.2) is 64.4 Å². The van der Waals surface area contributed by atoms with Crippen molar-refractivity contribution in [2.75, 3.05) is 5.32 Å². The molecule has 0 bridgehead atoms. The average Bonchev–Trinajstić information content (AvgIpc) is 3.01. The number of benzodiazepines with no additional fused rings is 1. The maximum absolute atomic E-state index is 13.6. The van der Waals surface area contributed by atoms with Crippen LogP contribution in [0.3, 0.4) is 0 Å². The quantitative estimate of drug-likeness (QED) is 0.347. The van der Waals surface area contributed by atoms with Crippen molar-refractivity contribution in [2.45, 2.75) is 18.6 Å². The fourth-order valence-corrected chi connectivity index (χ4v) is 4.55. The number of carbonyl (C=O) groups is 1. The van der Waals surface area contributed by atoms with Gasteiger partial charge in [-0.25, -0.2) is 4.79 Å². The van der Waals surface area contributed by atoms with E-state index in [0.717, 1.165) is 6.07 Å². The molecule has 0 fully saturated rings. The van der Waals surface area contributed by atoms with Crippen LogP contribution in [0.1, 0.15) is 22.3 Å². The van der Waals surface area contributed by atoms with Crippen LogP contribution in [0.5, 0.6) is 5.75 Å². The number of halogens is 4. The molecule has 1 atom stereocenters. The lowest BCUT2D eigenvalue weighted by Crippen LogP contribution is -2.28. The summed E-state index contributed by atoms with van der Waals surface area (Å²) in [5.41, 5.74) is 0.864. The van der Waals surface area contributed by atoms with Crippen molar-refractivity contribution in [1.29, 1.82) is 0 Å². The highest BCUT2D eigenvalue weighted by Gasteiger charge is 2.35. The van der Waals surface area contributed by atoms with E-state index in [-0.39, 0.29) is 45.4 Å². The highest BCUT2D eigenvalue weighted by Crippen LogP contribution is 2.37. The first-order chi connectivity index (χ1) is 17.0. The standard InChI is InChI=1S/C25H18ClF3N4O3/c1-33-19-7-6-13(9-17(19)31-24(33)36)21-15-10-14(26)11-20(34)22(15)32-23(35)18(30-21)8-12-4-2-3-5-16(12)25(27,28)29/h2-7,9-11,18,34H,8H2,1H3,(H,31,36)(H,32,35). The minimum Gasteiger partial charge on any atom is -0.506 e. The number of fused-ring (bicyclic) bond motifs is 2. The lowest BCUT2D eigenvalue weighted by molar-refractivity contribution is -0.138. The van der Waals surface area contributed by atoms with Crippen molar-refractivity contribution >= 4 is 39.9 Å². The lowest BCUT2D eigenvalue weighted by Gasteiger charge is -2.16. The number of imidazole rings is 1. The first-order valence-electron chi connectivity index (χ1n) is 10.8. The number of hydrogen-bond acceptors (Lipinski definition) is 4. The van der Waals surface area contributed by atoms with Gasteiger partial charge in [0.25, 0.3) is 0 Å². The molecule has 3 N–H and O–H groups in total. The van der Waals surface area contributed by atoms with E-state index < -0.39 is 23.7 Å². The van der Waals surface area contributed by atoms with E-state index in [0.29, 0.717) is 16.6 Å². The number of benzene rings is 3. The summed E-state index contributed by atoms with van der Waals surface area (Å²) in [5, 5.41) is 13.3. The number of nitrogens with zero attached hydrogens (tertiary/aromatic N) is 2. The molecule has 5 rings (SSSR count). The van der Waals surface area contributed by atoms with Crippen LogP contribution in [0, 0.1) is 0 Å². The Hall–Kier alpha value is -4.05. The highest BCUT2D eigenvalue weighted by atomic mass is 35.5. The number of alkyl halides is 3. The van der Waals surface area contributed by atoms with Gasteiger partial charge in [0.05, 0.1) is 28.0 Å². The van der Waals surface area contributed by atoms with Gasteiger partial charge in [0.2, 0.25) is 5.91 Å². The Morgan fingerprint density at radius 2 is 1.86 bits per heavy atom. The van der Waals surface area contributed by atoms with Crippen LogP contribution < -0.4 is 11.0 Å². The molecule has 0 saturated carbocycles. The molecule has 3 aromatic carbocycles. The molecule has 4 aromatic rings. The number of aliphatic imine (C=N–C) groups is 1. The summed E-state index contributed by atoms with van der Waals surface area (Å²) in [7, 11) is 1.60. The van der Waals surface area contributed by atoms with E-state index in [2.05, 4.69) is 15.3 Å². The average molecular weight is 515 g/mol. The fourth-order valence-electron chi connectivity index (χ4n) is 4.34. The van der Waals surface area contributed by atoms with Gasteiger partial charge in [-0.05, 0) is 29.8 Å². The summed E-state index contributed by atoms with van der Waals surface area (Å²) in [6.07, 6.45) is -4.94. The largest absolute Gasteiger partial charge is 0.506 e. The van der Waals surface area contributed by atoms with Gasteiger partial charge in [-0.3, -0.25) is 14.4 Å². The Balaban J connectivity index is 1.70. The summed E-state index contributed by atoms with van der Waals surface area (Å²) in [6.45, 7) is 0. The van der Waals surface area contributed by atoms with Gasteiger partial charge >= 0.3 is 11.9 Å². The fraction of sp³-hybridized carbons (Fsp3) is 0.160. The number of anilines is 1. The Bertz CT molecular complexity index is 1620. The summed E-state index contributed by atoms with van der Waals surface area (Å²) in [6, 6.07) is 11.5. The van der Waals surface area contributed by atoms with E-state index in [1.165, 1.54) is 34.9 Å². The van der Waals surface area contributed by atoms with Crippen LogP contribution in [-0.2, 0) is 24.4 Å². The van der Waals surface area contributed by atoms with Crippen molar-refractivity contribution in [3.05, 3.63) is 92.4 Å². The predicted molar refractivity (Wildman–Crippen MR) is 130 cm³/mol. The number of nitrogens with one attached hydrogen (secondary N) is 2. The van der Waals surface area contributed by atoms with Crippen LogP contribution in [0.2, 0.25) is 5.02 Å². The minimum atomic E-state index is -4.61. The molecule has 0 spiro atoms. The second kappa shape index (κ2) is 8.56. The minimum absolute atomic E-state index is 0.0383.